The van der Waals surface area contributed by atoms with E-state index in [1.807, 2.05) is 25.1 Å². The lowest BCUT2D eigenvalue weighted by Gasteiger charge is -2.04. The number of nitriles is 1. The molecule has 1 N–H and O–H groups in total. The zero-order valence-corrected chi connectivity index (χ0v) is 9.69. The van der Waals surface area contributed by atoms with E-state index in [4.69, 9.17) is 9.68 Å². The summed E-state index contributed by atoms with van der Waals surface area (Å²) in [6.45, 7) is 4.18. The molecular weight excluding hydrogens is 216 g/mol. The van der Waals surface area contributed by atoms with E-state index in [0.717, 1.165) is 11.5 Å². The van der Waals surface area contributed by atoms with E-state index in [1.165, 1.54) is 0 Å². The lowest BCUT2D eigenvalue weighted by Crippen LogP contribution is -2.03. The molecule has 0 saturated heterocycles. The predicted octanol–water partition coefficient (Wildman–Crippen LogP) is 2.17. The molecule has 0 fully saturated rings. The number of nitrogens with one attached hydrogen (secondary N) is 1. The fourth-order valence-corrected chi connectivity index (χ4v) is 1.47. The van der Waals surface area contributed by atoms with Gasteiger partial charge in [0.25, 0.3) is 0 Å². The van der Waals surface area contributed by atoms with Gasteiger partial charge in [0.2, 0.25) is 0 Å². The van der Waals surface area contributed by atoms with E-state index in [9.17, 15) is 0 Å². The van der Waals surface area contributed by atoms with Gasteiger partial charge in [0.1, 0.15) is 34.9 Å². The topological polar surface area (TPSA) is 74.7 Å². The van der Waals surface area contributed by atoms with E-state index in [2.05, 4.69) is 15.3 Å². The van der Waals surface area contributed by atoms with Crippen LogP contribution in [-0.4, -0.2) is 9.97 Å². The van der Waals surface area contributed by atoms with Crippen LogP contribution in [0.25, 0.3) is 0 Å². The maximum Gasteiger partial charge on any atom is 0.146 e. The third-order valence-corrected chi connectivity index (χ3v) is 2.19. The summed E-state index contributed by atoms with van der Waals surface area (Å²) in [6.07, 6.45) is 0. The number of aromatic nitrogens is 2. The van der Waals surface area contributed by atoms with E-state index < -0.39 is 0 Å². The Morgan fingerprint density at radius 2 is 2.18 bits per heavy atom. The van der Waals surface area contributed by atoms with Gasteiger partial charge in [0.05, 0.1) is 6.54 Å². The molecule has 2 aromatic heterocycles. The number of hydrogen-bond acceptors (Lipinski definition) is 5. The molecule has 0 aliphatic rings. The third-order valence-electron chi connectivity index (χ3n) is 2.19. The first-order valence-electron chi connectivity index (χ1n) is 5.22. The summed E-state index contributed by atoms with van der Waals surface area (Å²) < 4.78 is 5.42. The van der Waals surface area contributed by atoms with Gasteiger partial charge in [-0.3, -0.25) is 0 Å². The highest BCUT2D eigenvalue weighted by molar-refractivity contribution is 5.40. The molecule has 5 nitrogen and oxygen atoms in total. The first-order chi connectivity index (χ1) is 8.17. The molecule has 0 amide bonds. The van der Waals surface area contributed by atoms with Crippen LogP contribution in [0.3, 0.4) is 0 Å². The Morgan fingerprint density at radius 1 is 1.35 bits per heavy atom. The Labute approximate surface area is 99.1 Å². The molecular formula is C12H12N4O. The second-order valence-corrected chi connectivity index (χ2v) is 3.66. The van der Waals surface area contributed by atoms with Crippen LogP contribution in [-0.2, 0) is 6.54 Å². The van der Waals surface area contributed by atoms with E-state index in [-0.39, 0.29) is 0 Å². The maximum atomic E-state index is 8.79. The molecule has 0 saturated carbocycles. The van der Waals surface area contributed by atoms with Gasteiger partial charge in [-0.2, -0.15) is 5.26 Å². The van der Waals surface area contributed by atoms with Crippen LogP contribution in [0, 0.1) is 25.2 Å². The van der Waals surface area contributed by atoms with Crippen molar-refractivity contribution in [3.05, 3.63) is 41.2 Å². The fraction of sp³-hybridized carbons (Fsp3) is 0.250. The summed E-state index contributed by atoms with van der Waals surface area (Å²) in [7, 11) is 0. The van der Waals surface area contributed by atoms with Gasteiger partial charge in [0, 0.05) is 6.07 Å². The summed E-state index contributed by atoms with van der Waals surface area (Å²) in [5, 5.41) is 11.9. The van der Waals surface area contributed by atoms with Crippen molar-refractivity contribution in [1.82, 2.24) is 9.97 Å². The normalized spacial score (nSPS) is 9.94. The molecule has 0 aliphatic carbocycles. The molecule has 0 aromatic carbocycles. The van der Waals surface area contributed by atoms with Crippen molar-refractivity contribution in [2.45, 2.75) is 20.4 Å². The van der Waals surface area contributed by atoms with Crippen molar-refractivity contribution in [3.63, 3.8) is 0 Å². The summed E-state index contributed by atoms with van der Waals surface area (Å²) in [5.41, 5.74) is 0.357. The number of hydrogen-bond donors (Lipinski definition) is 1. The van der Waals surface area contributed by atoms with Crippen molar-refractivity contribution >= 4 is 5.82 Å². The SMILES string of the molecule is Cc1nc(C#N)cc(NCc2ccc(C)o2)n1. The van der Waals surface area contributed by atoms with Crippen LogP contribution in [0.1, 0.15) is 23.0 Å². The minimum absolute atomic E-state index is 0.357. The van der Waals surface area contributed by atoms with E-state index in [1.54, 1.807) is 13.0 Å². The number of rotatable bonds is 3. The minimum atomic E-state index is 0.357. The molecule has 2 aromatic rings. The Bertz CT molecular complexity index is 568. The average molecular weight is 228 g/mol. The predicted molar refractivity (Wildman–Crippen MR) is 62.3 cm³/mol. The van der Waals surface area contributed by atoms with Gasteiger partial charge in [0.15, 0.2) is 0 Å². The lowest BCUT2D eigenvalue weighted by molar-refractivity contribution is 0.490. The standard InChI is InChI=1S/C12H12N4O/c1-8-3-4-11(17-8)7-14-12-5-10(6-13)15-9(2)16-12/h3-5H,7H2,1-2H3,(H,14,15,16). The molecule has 0 aliphatic heterocycles. The third kappa shape index (κ3) is 2.82. The fourth-order valence-electron chi connectivity index (χ4n) is 1.47. The summed E-state index contributed by atoms with van der Waals surface area (Å²) >= 11 is 0. The van der Waals surface area contributed by atoms with Gasteiger partial charge in [-0.15, -0.1) is 0 Å². The van der Waals surface area contributed by atoms with Gasteiger partial charge in [-0.1, -0.05) is 0 Å². The molecule has 0 atom stereocenters. The van der Waals surface area contributed by atoms with Crippen molar-refractivity contribution < 1.29 is 4.42 Å². The van der Waals surface area contributed by atoms with Crippen molar-refractivity contribution in [3.8, 4) is 6.07 Å². The largest absolute Gasteiger partial charge is 0.465 e. The van der Waals surface area contributed by atoms with Crippen LogP contribution in [0.5, 0.6) is 0 Å². The van der Waals surface area contributed by atoms with Crippen molar-refractivity contribution in [2.24, 2.45) is 0 Å². The maximum absolute atomic E-state index is 8.79. The molecule has 17 heavy (non-hydrogen) atoms. The highest BCUT2D eigenvalue weighted by Gasteiger charge is 2.02. The van der Waals surface area contributed by atoms with Gasteiger partial charge >= 0.3 is 0 Å². The van der Waals surface area contributed by atoms with Gasteiger partial charge < -0.3 is 9.73 Å². The van der Waals surface area contributed by atoms with Crippen molar-refractivity contribution in [1.29, 1.82) is 5.26 Å². The lowest BCUT2D eigenvalue weighted by atomic mass is 10.4. The van der Waals surface area contributed by atoms with Crippen LogP contribution in [0.15, 0.2) is 22.6 Å². The Balaban J connectivity index is 2.09. The molecule has 0 spiro atoms. The van der Waals surface area contributed by atoms with Crippen LogP contribution in [0.4, 0.5) is 5.82 Å². The molecule has 2 rings (SSSR count). The molecule has 0 bridgehead atoms. The highest BCUT2D eigenvalue weighted by atomic mass is 16.3. The Morgan fingerprint density at radius 3 is 2.82 bits per heavy atom. The number of nitrogens with zero attached hydrogens (tertiary/aromatic N) is 3. The monoisotopic (exact) mass is 228 g/mol. The Hall–Kier alpha value is -2.35. The Kier molecular flexibility index (Phi) is 3.06. The quantitative estimate of drug-likeness (QED) is 0.871. The molecule has 0 unspecified atom stereocenters. The summed E-state index contributed by atoms with van der Waals surface area (Å²) in [6, 6.07) is 7.42. The second-order valence-electron chi connectivity index (χ2n) is 3.66. The van der Waals surface area contributed by atoms with Crippen LogP contribution < -0.4 is 5.32 Å². The second kappa shape index (κ2) is 4.66. The van der Waals surface area contributed by atoms with Gasteiger partial charge in [-0.05, 0) is 26.0 Å². The first-order valence-corrected chi connectivity index (χ1v) is 5.22. The molecule has 86 valence electrons. The minimum Gasteiger partial charge on any atom is -0.465 e. The summed E-state index contributed by atoms with van der Waals surface area (Å²) in [5.74, 6) is 2.90. The highest BCUT2D eigenvalue weighted by Crippen LogP contribution is 2.10. The average Bonchev–Trinajstić information content (AvgIpc) is 2.72. The van der Waals surface area contributed by atoms with Gasteiger partial charge in [-0.25, -0.2) is 9.97 Å². The summed E-state index contributed by atoms with van der Waals surface area (Å²) in [4.78, 5) is 8.16. The number of aryl methyl sites for hydroxylation is 2. The smallest absolute Gasteiger partial charge is 0.146 e. The van der Waals surface area contributed by atoms with Crippen LogP contribution in [0.2, 0.25) is 0 Å². The van der Waals surface area contributed by atoms with E-state index in [0.29, 0.717) is 23.9 Å². The zero-order chi connectivity index (χ0) is 12.3. The van der Waals surface area contributed by atoms with Crippen molar-refractivity contribution in [2.75, 3.05) is 5.32 Å². The molecule has 5 heteroatoms. The first kappa shape index (κ1) is 11.1. The molecule has 0 radical (unpaired) electrons. The molecule has 2 heterocycles. The van der Waals surface area contributed by atoms with Crippen LogP contribution >= 0.6 is 0 Å². The van der Waals surface area contributed by atoms with E-state index >= 15 is 0 Å². The number of furan rings is 1. The number of anilines is 1. The zero-order valence-electron chi connectivity index (χ0n) is 9.69.